The standard InChI is InChI=1S/C11H20N2O/c1-11(2,3)13-10(14)8-4-6-9(12)7-5-8/h4,6,8-9H,5,7,12H2,1-3H3,(H,13,14). The highest BCUT2D eigenvalue weighted by atomic mass is 16.2. The smallest absolute Gasteiger partial charge is 0.227 e. The molecule has 0 aromatic carbocycles. The molecule has 1 amide bonds. The van der Waals surface area contributed by atoms with E-state index in [0.29, 0.717) is 0 Å². The van der Waals surface area contributed by atoms with Crippen LogP contribution in [0.5, 0.6) is 0 Å². The lowest BCUT2D eigenvalue weighted by Crippen LogP contribution is -2.44. The van der Waals surface area contributed by atoms with Crippen LogP contribution < -0.4 is 11.1 Å². The molecule has 0 aliphatic heterocycles. The maximum atomic E-state index is 11.7. The second-order valence-electron chi connectivity index (χ2n) is 4.97. The van der Waals surface area contributed by atoms with Crippen molar-refractivity contribution in [3.63, 3.8) is 0 Å². The molecule has 0 fully saturated rings. The van der Waals surface area contributed by atoms with E-state index in [2.05, 4.69) is 5.32 Å². The highest BCUT2D eigenvalue weighted by molar-refractivity contribution is 5.81. The van der Waals surface area contributed by atoms with E-state index in [1.54, 1.807) is 0 Å². The van der Waals surface area contributed by atoms with Gasteiger partial charge in [-0.25, -0.2) is 0 Å². The number of hydrogen-bond donors (Lipinski definition) is 2. The zero-order valence-electron chi connectivity index (χ0n) is 9.21. The minimum absolute atomic E-state index is 0.00836. The van der Waals surface area contributed by atoms with Crippen LogP contribution in [0.15, 0.2) is 12.2 Å². The summed E-state index contributed by atoms with van der Waals surface area (Å²) < 4.78 is 0. The molecule has 80 valence electrons. The van der Waals surface area contributed by atoms with E-state index in [1.807, 2.05) is 32.9 Å². The summed E-state index contributed by atoms with van der Waals surface area (Å²) in [5.74, 6) is 0.120. The van der Waals surface area contributed by atoms with Gasteiger partial charge in [-0.2, -0.15) is 0 Å². The molecule has 3 N–H and O–H groups in total. The molecule has 0 heterocycles. The van der Waals surface area contributed by atoms with Crippen molar-refractivity contribution in [2.24, 2.45) is 11.7 Å². The molecular weight excluding hydrogens is 176 g/mol. The van der Waals surface area contributed by atoms with Crippen molar-refractivity contribution >= 4 is 5.91 Å². The van der Waals surface area contributed by atoms with Crippen LogP contribution in [0.4, 0.5) is 0 Å². The van der Waals surface area contributed by atoms with Gasteiger partial charge < -0.3 is 11.1 Å². The predicted molar refractivity (Wildman–Crippen MR) is 57.7 cm³/mol. The van der Waals surface area contributed by atoms with E-state index >= 15 is 0 Å². The first-order chi connectivity index (χ1) is 6.38. The fraction of sp³-hybridized carbons (Fsp3) is 0.727. The number of carbonyl (C=O) groups is 1. The van der Waals surface area contributed by atoms with E-state index in [4.69, 9.17) is 5.73 Å². The second kappa shape index (κ2) is 4.13. The van der Waals surface area contributed by atoms with E-state index in [9.17, 15) is 4.79 Å². The molecule has 0 aromatic heterocycles. The molecule has 0 aromatic rings. The van der Waals surface area contributed by atoms with E-state index < -0.39 is 0 Å². The molecule has 2 unspecified atom stereocenters. The van der Waals surface area contributed by atoms with Crippen LogP contribution in [0, 0.1) is 5.92 Å². The van der Waals surface area contributed by atoms with E-state index in [1.165, 1.54) is 0 Å². The average molecular weight is 196 g/mol. The Morgan fingerprint density at radius 1 is 1.36 bits per heavy atom. The molecule has 0 radical (unpaired) electrons. The van der Waals surface area contributed by atoms with Gasteiger partial charge in [0, 0.05) is 11.6 Å². The van der Waals surface area contributed by atoms with Crippen LogP contribution in [-0.2, 0) is 4.79 Å². The molecular formula is C11H20N2O. The van der Waals surface area contributed by atoms with Gasteiger partial charge in [-0.1, -0.05) is 12.2 Å². The first-order valence-electron chi connectivity index (χ1n) is 5.14. The molecule has 3 nitrogen and oxygen atoms in total. The number of hydrogen-bond acceptors (Lipinski definition) is 2. The van der Waals surface area contributed by atoms with Gasteiger partial charge in [0.15, 0.2) is 0 Å². The average Bonchev–Trinajstić information content (AvgIpc) is 2.02. The Morgan fingerprint density at radius 3 is 2.43 bits per heavy atom. The zero-order chi connectivity index (χ0) is 10.8. The van der Waals surface area contributed by atoms with Gasteiger partial charge in [-0.05, 0) is 33.6 Å². The van der Waals surface area contributed by atoms with Gasteiger partial charge in [0.25, 0.3) is 0 Å². The molecule has 2 atom stereocenters. The molecule has 0 spiro atoms. The number of nitrogens with two attached hydrogens (primary N) is 1. The van der Waals surface area contributed by atoms with E-state index in [-0.39, 0.29) is 23.4 Å². The van der Waals surface area contributed by atoms with Crippen molar-refractivity contribution in [3.8, 4) is 0 Å². The quantitative estimate of drug-likeness (QED) is 0.619. The summed E-state index contributed by atoms with van der Waals surface area (Å²) in [5, 5.41) is 2.97. The zero-order valence-corrected chi connectivity index (χ0v) is 9.21. The van der Waals surface area contributed by atoms with E-state index in [0.717, 1.165) is 12.8 Å². The van der Waals surface area contributed by atoms with Crippen LogP contribution in [0.3, 0.4) is 0 Å². The van der Waals surface area contributed by atoms with Crippen molar-refractivity contribution in [1.82, 2.24) is 5.32 Å². The molecule has 0 saturated carbocycles. The van der Waals surface area contributed by atoms with Crippen molar-refractivity contribution in [3.05, 3.63) is 12.2 Å². The maximum absolute atomic E-state index is 11.7. The van der Waals surface area contributed by atoms with Crippen LogP contribution in [0.1, 0.15) is 33.6 Å². The predicted octanol–water partition coefficient (Wildman–Crippen LogP) is 1.19. The Morgan fingerprint density at radius 2 is 2.00 bits per heavy atom. The van der Waals surface area contributed by atoms with Gasteiger partial charge in [-0.15, -0.1) is 0 Å². The summed E-state index contributed by atoms with van der Waals surface area (Å²) in [7, 11) is 0. The fourth-order valence-electron chi connectivity index (χ4n) is 1.52. The molecule has 1 rings (SSSR count). The third kappa shape index (κ3) is 3.50. The van der Waals surface area contributed by atoms with Crippen LogP contribution in [-0.4, -0.2) is 17.5 Å². The van der Waals surface area contributed by atoms with Crippen LogP contribution >= 0.6 is 0 Å². The Balaban J connectivity index is 2.50. The van der Waals surface area contributed by atoms with Gasteiger partial charge in [0.2, 0.25) is 5.91 Å². The number of carbonyl (C=O) groups excluding carboxylic acids is 1. The fourth-order valence-corrected chi connectivity index (χ4v) is 1.52. The summed E-state index contributed by atoms with van der Waals surface area (Å²) in [6.45, 7) is 5.97. The van der Waals surface area contributed by atoms with Crippen LogP contribution in [0.2, 0.25) is 0 Å². The highest BCUT2D eigenvalue weighted by Gasteiger charge is 2.23. The van der Waals surface area contributed by atoms with Crippen LogP contribution in [0.25, 0.3) is 0 Å². The van der Waals surface area contributed by atoms with Crippen molar-refractivity contribution in [2.75, 3.05) is 0 Å². The monoisotopic (exact) mass is 196 g/mol. The Bertz CT molecular complexity index is 240. The van der Waals surface area contributed by atoms with Gasteiger partial charge in [0.05, 0.1) is 5.92 Å². The normalized spacial score (nSPS) is 27.4. The molecule has 14 heavy (non-hydrogen) atoms. The Labute approximate surface area is 85.7 Å². The number of amides is 1. The maximum Gasteiger partial charge on any atom is 0.227 e. The summed E-state index contributed by atoms with van der Waals surface area (Å²) in [4.78, 5) is 11.7. The molecule has 3 heteroatoms. The topological polar surface area (TPSA) is 55.1 Å². The Kier molecular flexibility index (Phi) is 3.32. The summed E-state index contributed by atoms with van der Waals surface area (Å²) >= 11 is 0. The largest absolute Gasteiger partial charge is 0.351 e. The first-order valence-corrected chi connectivity index (χ1v) is 5.14. The van der Waals surface area contributed by atoms with Crippen molar-refractivity contribution in [1.29, 1.82) is 0 Å². The lowest BCUT2D eigenvalue weighted by molar-refractivity contribution is -0.125. The highest BCUT2D eigenvalue weighted by Crippen LogP contribution is 2.17. The molecule has 0 saturated heterocycles. The SMILES string of the molecule is CC(C)(C)NC(=O)C1C=CC(N)CC1. The third-order valence-corrected chi connectivity index (χ3v) is 2.24. The van der Waals surface area contributed by atoms with Crippen molar-refractivity contribution < 1.29 is 4.79 Å². The lowest BCUT2D eigenvalue weighted by atomic mass is 9.92. The number of nitrogens with one attached hydrogen (secondary N) is 1. The van der Waals surface area contributed by atoms with Crippen molar-refractivity contribution in [2.45, 2.75) is 45.2 Å². The minimum atomic E-state index is -0.148. The summed E-state index contributed by atoms with van der Waals surface area (Å²) in [6.07, 6.45) is 5.62. The Hall–Kier alpha value is -0.830. The molecule has 1 aliphatic rings. The van der Waals surface area contributed by atoms with Gasteiger partial charge in [-0.3, -0.25) is 4.79 Å². The summed E-state index contributed by atoms with van der Waals surface area (Å²) in [5.41, 5.74) is 5.56. The lowest BCUT2D eigenvalue weighted by Gasteiger charge is -2.25. The van der Waals surface area contributed by atoms with Gasteiger partial charge in [0.1, 0.15) is 0 Å². The van der Waals surface area contributed by atoms with Gasteiger partial charge >= 0.3 is 0 Å². The first kappa shape index (κ1) is 11.2. The second-order valence-corrected chi connectivity index (χ2v) is 4.97. The number of rotatable bonds is 1. The summed E-state index contributed by atoms with van der Waals surface area (Å²) in [6, 6.07) is 0.133. The molecule has 1 aliphatic carbocycles. The third-order valence-electron chi connectivity index (χ3n) is 2.24. The molecule has 0 bridgehead atoms. The minimum Gasteiger partial charge on any atom is -0.351 e.